The van der Waals surface area contributed by atoms with Crippen molar-refractivity contribution in [2.75, 3.05) is 17.7 Å². The quantitative estimate of drug-likeness (QED) is 0.0806. The fraction of sp³-hybridized carbons (Fsp3) is 0.242. The van der Waals surface area contributed by atoms with Gasteiger partial charge in [-0.05, 0) is 73.1 Å². The standard InChI is InChI=1S/C33H31N3O6S2/c1-3-27(43-25-11-7-10-23(19-25)34-30(37)21-12-15-24(16-13-21)36(40)41)31(38)35-32-29(33(39)42-2)26-17-14-22(18-28(26)44-32)20-8-5-4-6-9-20/h4-13,15-16,19,22,27H,3,14,17-18H2,1-2H3,(H,34,37)(H,35,38). The van der Waals surface area contributed by atoms with E-state index in [0.29, 0.717) is 28.6 Å². The van der Waals surface area contributed by atoms with Crippen LogP contribution in [-0.2, 0) is 22.4 Å². The second-order valence-electron chi connectivity index (χ2n) is 10.3. The van der Waals surface area contributed by atoms with E-state index in [0.717, 1.165) is 34.6 Å². The summed E-state index contributed by atoms with van der Waals surface area (Å²) in [6, 6.07) is 22.8. The fourth-order valence-corrected chi connectivity index (χ4v) is 7.60. The van der Waals surface area contributed by atoms with Crippen molar-refractivity contribution in [2.24, 2.45) is 0 Å². The van der Waals surface area contributed by atoms with E-state index < -0.39 is 22.0 Å². The molecule has 2 atom stereocenters. The first kappa shape index (κ1) is 31.0. The highest BCUT2D eigenvalue weighted by Gasteiger charge is 2.31. The van der Waals surface area contributed by atoms with Crippen LogP contribution < -0.4 is 10.6 Å². The number of hydrogen-bond acceptors (Lipinski definition) is 8. The molecule has 11 heteroatoms. The Balaban J connectivity index is 1.29. The predicted molar refractivity (Wildman–Crippen MR) is 173 cm³/mol. The number of non-ortho nitro benzene ring substituents is 1. The Morgan fingerprint density at radius 2 is 1.80 bits per heavy atom. The van der Waals surface area contributed by atoms with E-state index in [1.54, 1.807) is 18.2 Å². The minimum absolute atomic E-state index is 0.0957. The van der Waals surface area contributed by atoms with Crippen molar-refractivity contribution in [3.8, 4) is 0 Å². The van der Waals surface area contributed by atoms with Gasteiger partial charge in [-0.1, -0.05) is 43.3 Å². The van der Waals surface area contributed by atoms with E-state index in [1.807, 2.05) is 31.2 Å². The van der Waals surface area contributed by atoms with Crippen molar-refractivity contribution < 1.29 is 24.0 Å². The molecule has 3 aromatic carbocycles. The summed E-state index contributed by atoms with van der Waals surface area (Å²) in [5, 5.41) is 16.8. The Morgan fingerprint density at radius 3 is 2.48 bits per heavy atom. The summed E-state index contributed by atoms with van der Waals surface area (Å²) in [7, 11) is 1.35. The third-order valence-corrected chi connectivity index (χ3v) is 10.1. The monoisotopic (exact) mass is 629 g/mol. The largest absolute Gasteiger partial charge is 0.465 e. The van der Waals surface area contributed by atoms with Gasteiger partial charge in [-0.15, -0.1) is 23.1 Å². The third kappa shape index (κ3) is 7.00. The molecule has 2 N–H and O–H groups in total. The lowest BCUT2D eigenvalue weighted by atomic mass is 9.83. The number of fused-ring (bicyclic) bond motifs is 1. The number of amides is 2. The molecular weight excluding hydrogens is 599 g/mol. The zero-order chi connectivity index (χ0) is 31.2. The summed E-state index contributed by atoms with van der Waals surface area (Å²) in [6.45, 7) is 1.92. The Kier molecular flexibility index (Phi) is 9.76. The van der Waals surface area contributed by atoms with Gasteiger partial charge in [0.25, 0.3) is 11.6 Å². The molecular formula is C33H31N3O6S2. The highest BCUT2D eigenvalue weighted by molar-refractivity contribution is 8.00. The van der Waals surface area contributed by atoms with Gasteiger partial charge in [-0.3, -0.25) is 19.7 Å². The number of ether oxygens (including phenoxy) is 1. The molecule has 44 heavy (non-hydrogen) atoms. The first-order valence-electron chi connectivity index (χ1n) is 14.2. The SMILES string of the molecule is CCC(Sc1cccc(NC(=O)c2ccc([N+](=O)[O-])cc2)c1)C(=O)Nc1sc2c(c1C(=O)OC)CCC(c1ccccc1)C2. The smallest absolute Gasteiger partial charge is 0.341 e. The van der Waals surface area contributed by atoms with Gasteiger partial charge in [0.05, 0.1) is 22.8 Å². The van der Waals surface area contributed by atoms with Crippen molar-refractivity contribution in [3.05, 3.63) is 116 Å². The van der Waals surface area contributed by atoms with Crippen LogP contribution in [0.4, 0.5) is 16.4 Å². The lowest BCUT2D eigenvalue weighted by Crippen LogP contribution is -2.25. The summed E-state index contributed by atoms with van der Waals surface area (Å²) >= 11 is 2.81. The molecule has 9 nitrogen and oxygen atoms in total. The van der Waals surface area contributed by atoms with Gasteiger partial charge in [-0.2, -0.15) is 0 Å². The van der Waals surface area contributed by atoms with Crippen LogP contribution in [-0.4, -0.2) is 35.1 Å². The van der Waals surface area contributed by atoms with E-state index in [2.05, 4.69) is 22.8 Å². The van der Waals surface area contributed by atoms with E-state index in [-0.39, 0.29) is 17.2 Å². The average molecular weight is 630 g/mol. The van der Waals surface area contributed by atoms with Crippen molar-refractivity contribution in [1.82, 2.24) is 0 Å². The number of esters is 1. The number of nitrogens with one attached hydrogen (secondary N) is 2. The average Bonchev–Trinajstić information content (AvgIpc) is 3.40. The first-order chi connectivity index (χ1) is 21.3. The summed E-state index contributed by atoms with van der Waals surface area (Å²) in [4.78, 5) is 51.4. The third-order valence-electron chi connectivity index (χ3n) is 7.54. The van der Waals surface area contributed by atoms with Gasteiger partial charge in [-0.25, -0.2) is 4.79 Å². The van der Waals surface area contributed by atoms with Crippen LogP contribution in [0.3, 0.4) is 0 Å². The van der Waals surface area contributed by atoms with Gasteiger partial charge < -0.3 is 15.4 Å². The summed E-state index contributed by atoms with van der Waals surface area (Å²) in [5.41, 5.74) is 3.40. The molecule has 0 aliphatic heterocycles. The van der Waals surface area contributed by atoms with Crippen LogP contribution in [0, 0.1) is 10.1 Å². The van der Waals surface area contributed by atoms with Crippen molar-refractivity contribution in [1.29, 1.82) is 0 Å². The molecule has 0 spiro atoms. The molecule has 1 aromatic heterocycles. The second-order valence-corrected chi connectivity index (χ2v) is 12.7. The second kappa shape index (κ2) is 13.9. The molecule has 1 heterocycles. The number of methoxy groups -OCH3 is 1. The Labute approximate surface area is 263 Å². The number of nitrogens with zero attached hydrogens (tertiary/aromatic N) is 1. The van der Waals surface area contributed by atoms with Gasteiger partial charge in [0.15, 0.2) is 0 Å². The molecule has 4 aromatic rings. The molecule has 0 bridgehead atoms. The van der Waals surface area contributed by atoms with Crippen LogP contribution in [0.1, 0.15) is 62.4 Å². The molecule has 0 radical (unpaired) electrons. The number of carbonyl (C=O) groups excluding carboxylic acids is 3. The number of nitro groups is 1. The van der Waals surface area contributed by atoms with E-state index in [4.69, 9.17) is 4.74 Å². The zero-order valence-electron chi connectivity index (χ0n) is 24.2. The molecule has 0 saturated heterocycles. The number of anilines is 2. The number of thioether (sulfide) groups is 1. The van der Waals surface area contributed by atoms with Crippen molar-refractivity contribution in [3.63, 3.8) is 0 Å². The highest BCUT2D eigenvalue weighted by Crippen LogP contribution is 2.43. The lowest BCUT2D eigenvalue weighted by molar-refractivity contribution is -0.384. The molecule has 226 valence electrons. The maximum atomic E-state index is 13.5. The molecule has 2 amide bonds. The molecule has 1 aliphatic carbocycles. The summed E-state index contributed by atoms with van der Waals surface area (Å²) < 4.78 is 5.12. The minimum Gasteiger partial charge on any atom is -0.465 e. The van der Waals surface area contributed by atoms with Crippen LogP contribution in [0.2, 0.25) is 0 Å². The van der Waals surface area contributed by atoms with Crippen LogP contribution in [0.5, 0.6) is 0 Å². The topological polar surface area (TPSA) is 128 Å². The van der Waals surface area contributed by atoms with E-state index >= 15 is 0 Å². The number of carbonyl (C=O) groups is 3. The number of thiophene rings is 1. The zero-order valence-corrected chi connectivity index (χ0v) is 25.8. The normalized spacial score (nSPS) is 14.6. The number of hydrogen-bond donors (Lipinski definition) is 2. The van der Waals surface area contributed by atoms with E-state index in [1.165, 1.54) is 60.0 Å². The van der Waals surface area contributed by atoms with Crippen LogP contribution >= 0.6 is 23.1 Å². The maximum absolute atomic E-state index is 13.5. The number of rotatable bonds is 10. The molecule has 5 rings (SSSR count). The van der Waals surface area contributed by atoms with Crippen molar-refractivity contribution in [2.45, 2.75) is 48.7 Å². The molecule has 0 saturated carbocycles. The Morgan fingerprint density at radius 1 is 1.05 bits per heavy atom. The van der Waals surface area contributed by atoms with Crippen molar-refractivity contribution >= 4 is 57.3 Å². The molecule has 0 fully saturated rings. The van der Waals surface area contributed by atoms with Crippen LogP contribution in [0.15, 0.2) is 83.8 Å². The Hall–Kier alpha value is -4.48. The maximum Gasteiger partial charge on any atom is 0.341 e. The van der Waals surface area contributed by atoms with Gasteiger partial charge in [0.2, 0.25) is 5.91 Å². The highest BCUT2D eigenvalue weighted by atomic mass is 32.2. The molecule has 2 unspecified atom stereocenters. The first-order valence-corrected chi connectivity index (χ1v) is 15.9. The fourth-order valence-electron chi connectivity index (χ4n) is 5.27. The van der Waals surface area contributed by atoms with Gasteiger partial charge in [0, 0.05) is 33.2 Å². The van der Waals surface area contributed by atoms with Gasteiger partial charge >= 0.3 is 5.97 Å². The van der Waals surface area contributed by atoms with Gasteiger partial charge in [0.1, 0.15) is 5.00 Å². The Bertz CT molecular complexity index is 1690. The van der Waals surface area contributed by atoms with E-state index in [9.17, 15) is 24.5 Å². The lowest BCUT2D eigenvalue weighted by Gasteiger charge is -2.22. The van der Waals surface area contributed by atoms with Crippen LogP contribution in [0.25, 0.3) is 0 Å². The summed E-state index contributed by atoms with van der Waals surface area (Å²) in [6.07, 6.45) is 2.98. The number of nitro benzene ring substituents is 1. The minimum atomic E-state index is -0.521. The summed E-state index contributed by atoms with van der Waals surface area (Å²) in [5.74, 6) is -0.726. The number of benzene rings is 3. The predicted octanol–water partition coefficient (Wildman–Crippen LogP) is 7.48. The molecule has 1 aliphatic rings.